The van der Waals surface area contributed by atoms with Gasteiger partial charge in [-0.25, -0.2) is 0 Å². The smallest absolute Gasteiger partial charge is 0.257 e. The first-order valence-corrected chi connectivity index (χ1v) is 5.94. The number of benzene rings is 1. The second-order valence-electron chi connectivity index (χ2n) is 4.10. The van der Waals surface area contributed by atoms with E-state index in [9.17, 15) is 4.79 Å². The van der Waals surface area contributed by atoms with Gasteiger partial charge in [0.05, 0.1) is 5.56 Å². The molecule has 2 aromatic rings. The van der Waals surface area contributed by atoms with Gasteiger partial charge in [-0.1, -0.05) is 11.6 Å². The molecule has 0 saturated carbocycles. The van der Waals surface area contributed by atoms with Crippen LogP contribution in [0.3, 0.4) is 0 Å². The Hall–Kier alpha value is -1.87. The summed E-state index contributed by atoms with van der Waals surface area (Å²) in [6.45, 7) is 3.78. The van der Waals surface area contributed by atoms with Gasteiger partial charge in [0.1, 0.15) is 0 Å². The Morgan fingerprint density at radius 1 is 1.22 bits per heavy atom. The van der Waals surface area contributed by atoms with Crippen molar-refractivity contribution in [2.45, 2.75) is 13.8 Å². The van der Waals surface area contributed by atoms with Crippen molar-refractivity contribution in [3.8, 4) is 0 Å². The van der Waals surface area contributed by atoms with E-state index in [2.05, 4.69) is 10.3 Å². The highest BCUT2D eigenvalue weighted by molar-refractivity contribution is 6.30. The lowest BCUT2D eigenvalue weighted by atomic mass is 10.2. The van der Waals surface area contributed by atoms with Crippen molar-refractivity contribution in [2.24, 2.45) is 0 Å². The maximum Gasteiger partial charge on any atom is 0.257 e. The number of anilines is 1. The van der Waals surface area contributed by atoms with Crippen molar-refractivity contribution in [1.29, 1.82) is 0 Å². The van der Waals surface area contributed by atoms with Crippen molar-refractivity contribution in [3.05, 3.63) is 58.4 Å². The lowest BCUT2D eigenvalue weighted by Crippen LogP contribution is -2.13. The molecule has 0 radical (unpaired) electrons. The molecule has 0 atom stereocenters. The van der Waals surface area contributed by atoms with E-state index in [0.717, 1.165) is 16.9 Å². The first kappa shape index (κ1) is 12.6. The van der Waals surface area contributed by atoms with Gasteiger partial charge in [-0.3, -0.25) is 9.78 Å². The van der Waals surface area contributed by atoms with E-state index in [1.54, 1.807) is 24.4 Å². The second kappa shape index (κ2) is 5.19. The van der Waals surface area contributed by atoms with Crippen LogP contribution in [-0.4, -0.2) is 10.9 Å². The van der Waals surface area contributed by atoms with Gasteiger partial charge >= 0.3 is 0 Å². The van der Waals surface area contributed by atoms with Crippen LogP contribution < -0.4 is 5.32 Å². The van der Waals surface area contributed by atoms with Gasteiger partial charge in [-0.2, -0.15) is 0 Å². The largest absolute Gasteiger partial charge is 0.322 e. The summed E-state index contributed by atoms with van der Waals surface area (Å²) in [5, 5.41) is 3.49. The molecular formula is C14H13ClN2O. The summed E-state index contributed by atoms with van der Waals surface area (Å²) in [5.41, 5.74) is 3.10. The lowest BCUT2D eigenvalue weighted by Gasteiger charge is -2.08. The van der Waals surface area contributed by atoms with E-state index >= 15 is 0 Å². The quantitative estimate of drug-likeness (QED) is 0.896. The number of pyridine rings is 1. The molecule has 3 nitrogen and oxygen atoms in total. The minimum absolute atomic E-state index is 0.173. The molecule has 0 saturated heterocycles. The lowest BCUT2D eigenvalue weighted by molar-refractivity contribution is 0.102. The predicted octanol–water partition coefficient (Wildman–Crippen LogP) is 3.60. The number of hydrogen-bond donors (Lipinski definition) is 1. The highest BCUT2D eigenvalue weighted by Gasteiger charge is 2.08. The first-order valence-electron chi connectivity index (χ1n) is 5.56. The molecule has 1 amide bonds. The van der Waals surface area contributed by atoms with Crippen LogP contribution in [0.1, 0.15) is 21.6 Å². The summed E-state index contributed by atoms with van der Waals surface area (Å²) in [5.74, 6) is -0.173. The van der Waals surface area contributed by atoms with Gasteiger partial charge in [-0.05, 0) is 49.7 Å². The summed E-state index contributed by atoms with van der Waals surface area (Å²) < 4.78 is 0. The molecule has 1 aromatic carbocycles. The molecule has 1 heterocycles. The summed E-state index contributed by atoms with van der Waals surface area (Å²) in [4.78, 5) is 16.1. The summed E-state index contributed by atoms with van der Waals surface area (Å²) in [6.07, 6.45) is 1.57. The molecule has 92 valence electrons. The minimum Gasteiger partial charge on any atom is -0.322 e. The number of nitrogens with one attached hydrogen (secondary N) is 1. The molecule has 0 bridgehead atoms. The number of aryl methyl sites for hydroxylation is 2. The van der Waals surface area contributed by atoms with Gasteiger partial charge in [0.2, 0.25) is 0 Å². The van der Waals surface area contributed by atoms with Crippen LogP contribution in [0.4, 0.5) is 5.69 Å². The van der Waals surface area contributed by atoms with Crippen molar-refractivity contribution >= 4 is 23.2 Å². The van der Waals surface area contributed by atoms with Crippen LogP contribution in [0.5, 0.6) is 0 Å². The van der Waals surface area contributed by atoms with E-state index in [4.69, 9.17) is 11.6 Å². The molecule has 0 spiro atoms. The second-order valence-corrected chi connectivity index (χ2v) is 4.54. The third-order valence-electron chi connectivity index (χ3n) is 2.61. The average Bonchev–Trinajstić information content (AvgIpc) is 2.33. The first-order chi connectivity index (χ1) is 8.56. The van der Waals surface area contributed by atoms with Crippen LogP contribution in [0.2, 0.25) is 5.02 Å². The molecule has 0 aliphatic heterocycles. The number of rotatable bonds is 2. The zero-order valence-corrected chi connectivity index (χ0v) is 11.0. The Kier molecular flexibility index (Phi) is 3.63. The van der Waals surface area contributed by atoms with Crippen molar-refractivity contribution < 1.29 is 4.79 Å². The fraction of sp³-hybridized carbons (Fsp3) is 0.143. The standard InChI is InChI=1S/C14H13ClN2O/c1-9-7-12(15)5-6-13(9)17-14(18)11-4-3-10(2)16-8-11/h3-8H,1-2H3,(H,17,18). The number of nitrogens with zero attached hydrogens (tertiary/aromatic N) is 1. The molecule has 0 unspecified atom stereocenters. The van der Waals surface area contributed by atoms with Gasteiger partial charge in [0.15, 0.2) is 0 Å². The molecule has 0 fully saturated rings. The zero-order chi connectivity index (χ0) is 13.1. The molecular weight excluding hydrogens is 248 g/mol. The van der Waals surface area contributed by atoms with E-state index in [1.807, 2.05) is 26.0 Å². The third kappa shape index (κ3) is 2.87. The monoisotopic (exact) mass is 260 g/mol. The van der Waals surface area contributed by atoms with Crippen molar-refractivity contribution in [2.75, 3.05) is 5.32 Å². The van der Waals surface area contributed by atoms with Gasteiger partial charge in [0.25, 0.3) is 5.91 Å². The van der Waals surface area contributed by atoms with E-state index in [0.29, 0.717) is 10.6 Å². The van der Waals surface area contributed by atoms with Crippen LogP contribution in [-0.2, 0) is 0 Å². The molecule has 0 aliphatic carbocycles. The molecule has 4 heteroatoms. The maximum absolute atomic E-state index is 12.0. The van der Waals surface area contributed by atoms with Crippen LogP contribution in [0.15, 0.2) is 36.5 Å². The number of carbonyl (C=O) groups is 1. The van der Waals surface area contributed by atoms with Crippen molar-refractivity contribution in [3.63, 3.8) is 0 Å². The van der Waals surface area contributed by atoms with Gasteiger partial charge in [-0.15, -0.1) is 0 Å². The van der Waals surface area contributed by atoms with Gasteiger partial charge < -0.3 is 5.32 Å². The summed E-state index contributed by atoms with van der Waals surface area (Å²) >= 11 is 5.87. The highest BCUT2D eigenvalue weighted by atomic mass is 35.5. The number of carbonyl (C=O) groups excluding carboxylic acids is 1. The zero-order valence-electron chi connectivity index (χ0n) is 10.2. The normalized spacial score (nSPS) is 10.2. The summed E-state index contributed by atoms with van der Waals surface area (Å²) in [6, 6.07) is 8.91. The SMILES string of the molecule is Cc1ccc(C(=O)Nc2ccc(Cl)cc2C)cn1. The van der Waals surface area contributed by atoms with E-state index < -0.39 is 0 Å². The van der Waals surface area contributed by atoms with Crippen molar-refractivity contribution in [1.82, 2.24) is 4.98 Å². The number of halogens is 1. The fourth-order valence-corrected chi connectivity index (χ4v) is 1.79. The third-order valence-corrected chi connectivity index (χ3v) is 2.85. The Bertz CT molecular complexity index is 579. The topological polar surface area (TPSA) is 42.0 Å². The molecule has 2 rings (SSSR count). The van der Waals surface area contributed by atoms with Crippen LogP contribution >= 0.6 is 11.6 Å². The number of hydrogen-bond acceptors (Lipinski definition) is 2. The highest BCUT2D eigenvalue weighted by Crippen LogP contribution is 2.20. The van der Waals surface area contributed by atoms with E-state index in [-0.39, 0.29) is 5.91 Å². The molecule has 18 heavy (non-hydrogen) atoms. The molecule has 0 aliphatic rings. The Morgan fingerprint density at radius 3 is 2.61 bits per heavy atom. The Balaban J connectivity index is 2.18. The van der Waals surface area contributed by atoms with Crippen LogP contribution in [0, 0.1) is 13.8 Å². The Labute approximate surface area is 111 Å². The van der Waals surface area contributed by atoms with Gasteiger partial charge in [0, 0.05) is 22.6 Å². The van der Waals surface area contributed by atoms with E-state index in [1.165, 1.54) is 0 Å². The maximum atomic E-state index is 12.0. The minimum atomic E-state index is -0.173. The average molecular weight is 261 g/mol. The summed E-state index contributed by atoms with van der Waals surface area (Å²) in [7, 11) is 0. The number of aromatic nitrogens is 1. The molecule has 1 aromatic heterocycles. The fourth-order valence-electron chi connectivity index (χ4n) is 1.56. The predicted molar refractivity (Wildman–Crippen MR) is 73.1 cm³/mol. The number of amides is 1. The molecule has 1 N–H and O–H groups in total. The van der Waals surface area contributed by atoms with Crippen LogP contribution in [0.25, 0.3) is 0 Å². The Morgan fingerprint density at radius 2 is 2.00 bits per heavy atom.